The van der Waals surface area contributed by atoms with Gasteiger partial charge in [-0.1, -0.05) is 6.07 Å². The zero-order valence-electron chi connectivity index (χ0n) is 14.9. The summed E-state index contributed by atoms with van der Waals surface area (Å²) in [5.74, 6) is 1.51. The van der Waals surface area contributed by atoms with Crippen LogP contribution in [0, 0.1) is 0 Å². The summed E-state index contributed by atoms with van der Waals surface area (Å²) in [5.41, 5.74) is 0.358. The fourth-order valence-corrected chi connectivity index (χ4v) is 5.48. The van der Waals surface area contributed by atoms with Gasteiger partial charge in [-0.2, -0.15) is 0 Å². The van der Waals surface area contributed by atoms with Gasteiger partial charge in [0.05, 0.1) is 31.1 Å². The predicted octanol–water partition coefficient (Wildman–Crippen LogP) is 1.77. The van der Waals surface area contributed by atoms with Crippen molar-refractivity contribution >= 4 is 15.7 Å². The van der Waals surface area contributed by atoms with Gasteiger partial charge < -0.3 is 14.4 Å². The van der Waals surface area contributed by atoms with Gasteiger partial charge in [-0.15, -0.1) is 0 Å². The Balaban J connectivity index is 1.88. The molecule has 1 unspecified atom stereocenters. The molecule has 1 amide bonds. The van der Waals surface area contributed by atoms with Gasteiger partial charge in [-0.25, -0.2) is 8.42 Å². The first-order valence-corrected chi connectivity index (χ1v) is 10.4. The van der Waals surface area contributed by atoms with E-state index in [9.17, 15) is 13.2 Å². The largest absolute Gasteiger partial charge is 0.493 e. The molecule has 1 atom stereocenters. The van der Waals surface area contributed by atoms with E-state index < -0.39 is 15.3 Å². The fourth-order valence-electron chi connectivity index (χ4n) is 3.75. The fraction of sp³-hybridized carbons (Fsp3) is 0.611. The van der Waals surface area contributed by atoms with Crippen LogP contribution in [0.2, 0.25) is 0 Å². The van der Waals surface area contributed by atoms with Crippen LogP contribution in [0.4, 0.5) is 0 Å². The molecule has 1 aromatic carbocycles. The Bertz CT molecular complexity index is 770. The Kier molecular flexibility index (Phi) is 4.70. The second-order valence-corrected chi connectivity index (χ2v) is 9.03. The second-order valence-electron chi connectivity index (χ2n) is 6.80. The van der Waals surface area contributed by atoms with Gasteiger partial charge in [0.2, 0.25) is 5.91 Å². The van der Waals surface area contributed by atoms with Crippen LogP contribution in [-0.4, -0.2) is 57.5 Å². The first-order chi connectivity index (χ1) is 11.9. The summed E-state index contributed by atoms with van der Waals surface area (Å²) < 4.78 is 34.2. The molecule has 6 nitrogen and oxygen atoms in total. The van der Waals surface area contributed by atoms with Gasteiger partial charge in [0.1, 0.15) is 0 Å². The van der Waals surface area contributed by atoms with Crippen molar-refractivity contribution in [3.05, 3.63) is 23.8 Å². The van der Waals surface area contributed by atoms with Crippen LogP contribution in [0.25, 0.3) is 0 Å². The maximum absolute atomic E-state index is 13.3. The van der Waals surface area contributed by atoms with Crippen molar-refractivity contribution in [2.45, 2.75) is 37.6 Å². The lowest BCUT2D eigenvalue weighted by Crippen LogP contribution is -2.46. The van der Waals surface area contributed by atoms with E-state index in [1.54, 1.807) is 19.1 Å². The highest BCUT2D eigenvalue weighted by molar-refractivity contribution is 7.91. The minimum Gasteiger partial charge on any atom is -0.493 e. The van der Waals surface area contributed by atoms with Crippen LogP contribution >= 0.6 is 0 Å². The average molecular weight is 367 g/mol. The third kappa shape index (κ3) is 3.21. The number of rotatable bonds is 6. The molecular formula is C18H25NO5S. The summed E-state index contributed by atoms with van der Waals surface area (Å²) >= 11 is 0. The quantitative estimate of drug-likeness (QED) is 0.766. The SMILES string of the molecule is CCN(C(=O)C1(c2ccc(OC)c(OC)c2)CC1)C1CCS(=O)(=O)C1. The number of benzene rings is 1. The van der Waals surface area contributed by atoms with Crippen molar-refractivity contribution in [3.63, 3.8) is 0 Å². The van der Waals surface area contributed by atoms with Crippen LogP contribution in [0.3, 0.4) is 0 Å². The molecular weight excluding hydrogens is 342 g/mol. The number of likely N-dealkylation sites (N-methyl/N-ethyl adjacent to an activating group) is 1. The minimum atomic E-state index is -3.02. The standard InChI is InChI=1S/C18H25NO5S/c1-4-19(14-7-10-25(21,22)12-14)17(20)18(8-9-18)13-5-6-15(23-2)16(11-13)24-3/h5-6,11,14H,4,7-10,12H2,1-3H3. The molecule has 0 spiro atoms. The molecule has 0 bridgehead atoms. The number of amides is 1. The number of methoxy groups -OCH3 is 2. The second kappa shape index (κ2) is 6.52. The van der Waals surface area contributed by atoms with E-state index in [4.69, 9.17) is 9.47 Å². The Morgan fingerprint density at radius 1 is 1.24 bits per heavy atom. The van der Waals surface area contributed by atoms with E-state index in [0.29, 0.717) is 24.5 Å². The highest BCUT2D eigenvalue weighted by atomic mass is 32.2. The molecule has 138 valence electrons. The van der Waals surface area contributed by atoms with Crippen LogP contribution in [-0.2, 0) is 20.0 Å². The lowest BCUT2D eigenvalue weighted by Gasteiger charge is -2.31. The number of carbonyl (C=O) groups excluding carboxylic acids is 1. The normalized spacial score (nSPS) is 23.1. The van der Waals surface area contributed by atoms with E-state index >= 15 is 0 Å². The van der Waals surface area contributed by atoms with E-state index in [1.165, 1.54) is 0 Å². The summed E-state index contributed by atoms with van der Waals surface area (Å²) in [5, 5.41) is 0. The molecule has 1 aliphatic carbocycles. The highest BCUT2D eigenvalue weighted by Crippen LogP contribution is 2.51. The lowest BCUT2D eigenvalue weighted by molar-refractivity contribution is -0.135. The maximum atomic E-state index is 13.3. The molecule has 2 aliphatic rings. The molecule has 7 heteroatoms. The van der Waals surface area contributed by atoms with Crippen molar-refractivity contribution in [3.8, 4) is 11.5 Å². The molecule has 1 heterocycles. The molecule has 2 fully saturated rings. The molecule has 1 saturated carbocycles. The summed E-state index contributed by atoms with van der Waals surface area (Å²) in [7, 11) is 0.129. The van der Waals surface area contributed by atoms with Crippen LogP contribution in [0.1, 0.15) is 31.7 Å². The van der Waals surface area contributed by atoms with Crippen molar-refractivity contribution in [2.75, 3.05) is 32.3 Å². The Labute approximate surface area is 149 Å². The number of sulfone groups is 1. The molecule has 25 heavy (non-hydrogen) atoms. The zero-order valence-corrected chi connectivity index (χ0v) is 15.8. The average Bonchev–Trinajstić information content (AvgIpc) is 3.34. The van der Waals surface area contributed by atoms with Crippen molar-refractivity contribution in [1.82, 2.24) is 4.90 Å². The van der Waals surface area contributed by atoms with Crippen LogP contribution < -0.4 is 9.47 Å². The summed E-state index contributed by atoms with van der Waals surface area (Å²) in [6.07, 6.45) is 2.08. The van der Waals surface area contributed by atoms with Gasteiger partial charge in [-0.05, 0) is 43.9 Å². The summed E-state index contributed by atoms with van der Waals surface area (Å²) in [6, 6.07) is 5.38. The van der Waals surface area contributed by atoms with E-state index in [0.717, 1.165) is 18.4 Å². The number of ether oxygens (including phenoxy) is 2. The molecule has 1 aliphatic heterocycles. The third-order valence-corrected chi connectivity index (χ3v) is 7.10. The minimum absolute atomic E-state index is 0.0318. The molecule has 1 saturated heterocycles. The molecule has 0 radical (unpaired) electrons. The first-order valence-electron chi connectivity index (χ1n) is 8.61. The molecule has 0 aromatic heterocycles. The van der Waals surface area contributed by atoms with Gasteiger partial charge >= 0.3 is 0 Å². The highest BCUT2D eigenvalue weighted by Gasteiger charge is 2.54. The molecule has 3 rings (SSSR count). The third-order valence-electron chi connectivity index (χ3n) is 5.35. The molecule has 1 aromatic rings. The van der Waals surface area contributed by atoms with Gasteiger partial charge in [0.25, 0.3) is 0 Å². The monoisotopic (exact) mass is 367 g/mol. The summed E-state index contributed by atoms with van der Waals surface area (Å²) in [4.78, 5) is 15.0. The first kappa shape index (κ1) is 18.0. The Morgan fingerprint density at radius 3 is 2.40 bits per heavy atom. The lowest BCUT2D eigenvalue weighted by atomic mass is 9.93. The van der Waals surface area contributed by atoms with Gasteiger partial charge in [0.15, 0.2) is 21.3 Å². The number of hydrogen-bond donors (Lipinski definition) is 0. The van der Waals surface area contributed by atoms with E-state index in [1.807, 2.05) is 25.1 Å². The number of nitrogens with zero attached hydrogens (tertiary/aromatic N) is 1. The van der Waals surface area contributed by atoms with Gasteiger partial charge in [-0.3, -0.25) is 4.79 Å². The van der Waals surface area contributed by atoms with Crippen molar-refractivity contribution in [1.29, 1.82) is 0 Å². The van der Waals surface area contributed by atoms with Gasteiger partial charge in [0, 0.05) is 12.6 Å². The predicted molar refractivity (Wildman–Crippen MR) is 94.9 cm³/mol. The Hall–Kier alpha value is -1.76. The zero-order chi connectivity index (χ0) is 18.2. The van der Waals surface area contributed by atoms with Crippen molar-refractivity contribution < 1.29 is 22.7 Å². The van der Waals surface area contributed by atoms with Crippen LogP contribution in [0.15, 0.2) is 18.2 Å². The topological polar surface area (TPSA) is 72.9 Å². The summed E-state index contributed by atoms with van der Waals surface area (Å²) in [6.45, 7) is 2.43. The Morgan fingerprint density at radius 2 is 1.92 bits per heavy atom. The maximum Gasteiger partial charge on any atom is 0.233 e. The number of carbonyl (C=O) groups is 1. The smallest absolute Gasteiger partial charge is 0.233 e. The van der Waals surface area contributed by atoms with E-state index in [-0.39, 0.29) is 23.5 Å². The number of hydrogen-bond acceptors (Lipinski definition) is 5. The van der Waals surface area contributed by atoms with Crippen molar-refractivity contribution in [2.24, 2.45) is 0 Å². The van der Waals surface area contributed by atoms with E-state index in [2.05, 4.69) is 0 Å². The van der Waals surface area contributed by atoms with Crippen LogP contribution in [0.5, 0.6) is 11.5 Å². The molecule has 0 N–H and O–H groups in total.